The maximum Gasteiger partial charge on any atom is 0.329 e. The maximum atomic E-state index is 11.9. The minimum Gasteiger partial charge on any atom is -0.480 e. The highest BCUT2D eigenvalue weighted by atomic mass is 16.4. The van der Waals surface area contributed by atoms with Crippen molar-refractivity contribution < 1.29 is 14.7 Å². The molecule has 0 saturated heterocycles. The molecule has 0 aromatic carbocycles. The van der Waals surface area contributed by atoms with E-state index in [-0.39, 0.29) is 11.4 Å². The number of nitrogens with one attached hydrogen (secondary N) is 2. The van der Waals surface area contributed by atoms with Crippen LogP contribution in [0, 0.1) is 5.41 Å². The summed E-state index contributed by atoms with van der Waals surface area (Å²) < 4.78 is 0. The maximum absolute atomic E-state index is 11.9. The predicted molar refractivity (Wildman–Crippen MR) is 74.1 cm³/mol. The van der Waals surface area contributed by atoms with Crippen molar-refractivity contribution >= 4 is 12.0 Å². The zero-order valence-electron chi connectivity index (χ0n) is 12.2. The van der Waals surface area contributed by atoms with E-state index in [9.17, 15) is 14.7 Å². The van der Waals surface area contributed by atoms with Crippen LogP contribution in [0.4, 0.5) is 4.79 Å². The molecule has 3 N–H and O–H groups in total. The fourth-order valence-corrected chi connectivity index (χ4v) is 2.53. The lowest BCUT2D eigenvalue weighted by atomic mass is 9.93. The van der Waals surface area contributed by atoms with Crippen molar-refractivity contribution in [2.75, 3.05) is 6.54 Å². The second-order valence-electron chi connectivity index (χ2n) is 5.65. The highest BCUT2D eigenvalue weighted by Gasteiger charge is 2.42. The third kappa shape index (κ3) is 3.85. The minimum absolute atomic E-state index is 0.274. The first-order valence-corrected chi connectivity index (χ1v) is 7.23. The lowest BCUT2D eigenvalue weighted by Gasteiger charge is -2.28. The highest BCUT2D eigenvalue weighted by Crippen LogP contribution is 2.48. The molecule has 0 aliphatic heterocycles. The van der Waals surface area contributed by atoms with Crippen LogP contribution in [0.1, 0.15) is 59.3 Å². The molecule has 0 unspecified atom stereocenters. The van der Waals surface area contributed by atoms with Crippen molar-refractivity contribution in [3.8, 4) is 0 Å². The van der Waals surface area contributed by atoms with Gasteiger partial charge < -0.3 is 15.7 Å². The molecule has 0 spiro atoms. The predicted octanol–water partition coefficient (Wildman–Crippen LogP) is 2.51. The van der Waals surface area contributed by atoms with Gasteiger partial charge in [-0.3, -0.25) is 0 Å². The first-order valence-electron chi connectivity index (χ1n) is 7.23. The average Bonchev–Trinajstić information content (AvgIpc) is 3.14. The van der Waals surface area contributed by atoms with E-state index in [1.54, 1.807) is 13.8 Å². The molecule has 19 heavy (non-hydrogen) atoms. The standard InChI is InChI=1S/C14H26N2O3/c1-4-7-13(8-9-13)10-15-12(19)16-14(5-2,6-3)11(17)18/h4-10H2,1-3H3,(H,17,18)(H2,15,16,19). The third-order valence-electron chi connectivity index (χ3n) is 4.33. The molecule has 2 amide bonds. The largest absolute Gasteiger partial charge is 0.480 e. The number of amides is 2. The summed E-state index contributed by atoms with van der Waals surface area (Å²) in [6.45, 7) is 6.34. The Labute approximate surface area is 115 Å². The highest BCUT2D eigenvalue weighted by molar-refractivity contribution is 5.86. The van der Waals surface area contributed by atoms with Crippen LogP contribution < -0.4 is 10.6 Å². The Morgan fingerprint density at radius 2 is 1.79 bits per heavy atom. The monoisotopic (exact) mass is 270 g/mol. The number of urea groups is 1. The van der Waals surface area contributed by atoms with E-state index in [2.05, 4.69) is 17.6 Å². The number of aliphatic carboxylic acids is 1. The van der Waals surface area contributed by atoms with Gasteiger partial charge in [0.05, 0.1) is 0 Å². The summed E-state index contributed by atoms with van der Waals surface area (Å²) in [5, 5.41) is 14.7. The van der Waals surface area contributed by atoms with Crippen LogP contribution in [0.5, 0.6) is 0 Å². The normalized spacial score (nSPS) is 16.8. The van der Waals surface area contributed by atoms with Gasteiger partial charge in [0.1, 0.15) is 5.54 Å². The molecule has 5 nitrogen and oxygen atoms in total. The third-order valence-corrected chi connectivity index (χ3v) is 4.33. The average molecular weight is 270 g/mol. The van der Waals surface area contributed by atoms with E-state index in [0.717, 1.165) is 25.7 Å². The number of carboxylic acids is 1. The Balaban J connectivity index is 2.48. The van der Waals surface area contributed by atoms with Crippen molar-refractivity contribution in [1.29, 1.82) is 0 Å². The molecule has 0 atom stereocenters. The molecule has 0 radical (unpaired) electrons. The van der Waals surface area contributed by atoms with Crippen molar-refractivity contribution in [1.82, 2.24) is 10.6 Å². The molecule has 0 aromatic heterocycles. The van der Waals surface area contributed by atoms with Gasteiger partial charge in [0.2, 0.25) is 0 Å². The van der Waals surface area contributed by atoms with Crippen LogP contribution in [0.25, 0.3) is 0 Å². The van der Waals surface area contributed by atoms with Crippen molar-refractivity contribution in [2.24, 2.45) is 5.41 Å². The number of carbonyl (C=O) groups excluding carboxylic acids is 1. The van der Waals surface area contributed by atoms with Crippen molar-refractivity contribution in [3.63, 3.8) is 0 Å². The SMILES string of the molecule is CCCC1(CNC(=O)NC(CC)(CC)C(=O)O)CC1. The summed E-state index contributed by atoms with van der Waals surface area (Å²) in [6.07, 6.45) is 5.32. The van der Waals surface area contributed by atoms with Gasteiger partial charge >= 0.3 is 12.0 Å². The fourth-order valence-electron chi connectivity index (χ4n) is 2.53. The topological polar surface area (TPSA) is 78.4 Å². The second-order valence-corrected chi connectivity index (χ2v) is 5.65. The van der Waals surface area contributed by atoms with Gasteiger partial charge in [-0.2, -0.15) is 0 Å². The summed E-state index contributed by atoms with van der Waals surface area (Å²) in [7, 11) is 0. The lowest BCUT2D eigenvalue weighted by Crippen LogP contribution is -2.57. The second kappa shape index (κ2) is 6.26. The Morgan fingerprint density at radius 3 is 2.16 bits per heavy atom. The number of hydrogen-bond acceptors (Lipinski definition) is 2. The smallest absolute Gasteiger partial charge is 0.329 e. The number of carboxylic acid groups (broad SMARTS) is 1. The molecular formula is C14H26N2O3. The van der Waals surface area contributed by atoms with E-state index in [4.69, 9.17) is 0 Å². The van der Waals surface area contributed by atoms with Crippen LogP contribution >= 0.6 is 0 Å². The Morgan fingerprint density at radius 1 is 1.21 bits per heavy atom. The number of carbonyl (C=O) groups is 2. The zero-order chi connectivity index (χ0) is 14.5. The first kappa shape index (κ1) is 15.8. The molecule has 1 aliphatic rings. The van der Waals surface area contributed by atoms with Crippen LogP contribution in [-0.2, 0) is 4.79 Å². The lowest BCUT2D eigenvalue weighted by molar-refractivity contribution is -0.144. The van der Waals surface area contributed by atoms with Crippen LogP contribution in [0.2, 0.25) is 0 Å². The van der Waals surface area contributed by atoms with Crippen LogP contribution in [0.15, 0.2) is 0 Å². The number of rotatable bonds is 8. The Kier molecular flexibility index (Phi) is 5.20. The summed E-state index contributed by atoms with van der Waals surface area (Å²) in [5.74, 6) is -0.970. The molecular weight excluding hydrogens is 244 g/mol. The summed E-state index contributed by atoms with van der Waals surface area (Å²) in [4.78, 5) is 23.2. The summed E-state index contributed by atoms with van der Waals surface area (Å²) in [6, 6.07) is -0.367. The molecule has 110 valence electrons. The molecule has 0 bridgehead atoms. The number of hydrogen-bond donors (Lipinski definition) is 3. The van der Waals surface area contributed by atoms with Gasteiger partial charge in [-0.15, -0.1) is 0 Å². The molecule has 0 heterocycles. The first-order chi connectivity index (χ1) is 8.93. The molecule has 1 fully saturated rings. The summed E-state index contributed by atoms with van der Waals surface area (Å²) in [5.41, 5.74) is -0.873. The molecule has 1 rings (SSSR count). The van der Waals surface area contributed by atoms with E-state index in [1.807, 2.05) is 0 Å². The fraction of sp³-hybridized carbons (Fsp3) is 0.857. The van der Waals surface area contributed by atoms with Gasteiger partial charge in [-0.25, -0.2) is 9.59 Å². The van der Waals surface area contributed by atoms with Gasteiger partial charge in [-0.05, 0) is 37.5 Å². The summed E-state index contributed by atoms with van der Waals surface area (Å²) >= 11 is 0. The minimum atomic E-state index is -1.15. The van der Waals surface area contributed by atoms with Gasteiger partial charge in [-0.1, -0.05) is 27.2 Å². The van der Waals surface area contributed by atoms with E-state index < -0.39 is 11.5 Å². The van der Waals surface area contributed by atoms with Gasteiger partial charge in [0.15, 0.2) is 0 Å². The van der Waals surface area contributed by atoms with E-state index >= 15 is 0 Å². The Hall–Kier alpha value is -1.26. The van der Waals surface area contributed by atoms with E-state index in [1.165, 1.54) is 0 Å². The quantitative estimate of drug-likeness (QED) is 0.634. The van der Waals surface area contributed by atoms with Crippen molar-refractivity contribution in [3.05, 3.63) is 0 Å². The molecule has 5 heteroatoms. The Bertz CT molecular complexity index is 334. The van der Waals surface area contributed by atoms with Crippen molar-refractivity contribution in [2.45, 2.75) is 64.8 Å². The van der Waals surface area contributed by atoms with Crippen LogP contribution in [-0.4, -0.2) is 29.2 Å². The molecule has 1 saturated carbocycles. The molecule has 1 aliphatic carbocycles. The van der Waals surface area contributed by atoms with E-state index in [0.29, 0.717) is 19.4 Å². The van der Waals surface area contributed by atoms with Gasteiger partial charge in [0, 0.05) is 6.54 Å². The van der Waals surface area contributed by atoms with Crippen LogP contribution in [0.3, 0.4) is 0 Å². The zero-order valence-corrected chi connectivity index (χ0v) is 12.2. The molecule has 0 aromatic rings. The van der Waals surface area contributed by atoms with Gasteiger partial charge in [0.25, 0.3) is 0 Å².